The summed E-state index contributed by atoms with van der Waals surface area (Å²) in [5.74, 6) is -0.0197. The van der Waals surface area contributed by atoms with Gasteiger partial charge in [0.1, 0.15) is 11.7 Å². The number of ether oxygens (including phenoxy) is 1. The van der Waals surface area contributed by atoms with Crippen molar-refractivity contribution in [1.29, 1.82) is 0 Å². The van der Waals surface area contributed by atoms with E-state index < -0.39 is 5.92 Å². The number of methoxy groups -OCH3 is 1. The molecule has 0 aliphatic carbocycles. The highest BCUT2D eigenvalue weighted by Crippen LogP contribution is 2.29. The van der Waals surface area contributed by atoms with Crippen molar-refractivity contribution in [2.45, 2.75) is 6.92 Å². The Bertz CT molecular complexity index is 818. The highest BCUT2D eigenvalue weighted by molar-refractivity contribution is 6.32. The first-order valence-electron chi connectivity index (χ1n) is 7.42. The molecule has 0 fully saturated rings. The number of carbonyl (C=O) groups excluding carboxylic acids is 1. The lowest BCUT2D eigenvalue weighted by Crippen LogP contribution is -2.27. The van der Waals surface area contributed by atoms with E-state index in [0.717, 1.165) is 5.69 Å². The van der Waals surface area contributed by atoms with Crippen LogP contribution < -0.4 is 9.75 Å². The first-order chi connectivity index (χ1) is 11.6. The molecule has 2 aromatic rings. The summed E-state index contributed by atoms with van der Waals surface area (Å²) in [5, 5.41) is 6.22. The summed E-state index contributed by atoms with van der Waals surface area (Å²) in [6.45, 7) is 1.82. The van der Waals surface area contributed by atoms with E-state index in [1.54, 1.807) is 31.5 Å². The van der Waals surface area contributed by atoms with Crippen LogP contribution in [0.2, 0.25) is 5.02 Å². The molecule has 0 N–H and O–H groups in total. The summed E-state index contributed by atoms with van der Waals surface area (Å²) in [4.78, 5) is 16.9. The summed E-state index contributed by atoms with van der Waals surface area (Å²) in [6.07, 6.45) is 1.60. The number of carbonyl (C=O) groups is 1. The molecule has 2 aromatic carbocycles. The fourth-order valence-electron chi connectivity index (χ4n) is 2.40. The first-order valence-corrected chi connectivity index (χ1v) is 7.80. The summed E-state index contributed by atoms with van der Waals surface area (Å²) in [5.41, 5.74) is 2.09. The molecule has 1 unspecified atom stereocenters. The molecule has 1 amide bonds. The van der Waals surface area contributed by atoms with Crippen molar-refractivity contribution in [1.82, 2.24) is 0 Å². The van der Waals surface area contributed by atoms with Crippen LogP contribution in [0.5, 0.6) is 5.75 Å². The number of hydrazone groups is 1. The van der Waals surface area contributed by atoms with Gasteiger partial charge in [-0.1, -0.05) is 29.8 Å². The molecule has 0 spiro atoms. The molecule has 0 aromatic heterocycles. The normalized spacial score (nSPS) is 17.5. The van der Waals surface area contributed by atoms with E-state index in [4.69, 9.17) is 16.3 Å². The second-order valence-electron chi connectivity index (χ2n) is 5.30. The van der Waals surface area contributed by atoms with Crippen LogP contribution in [-0.4, -0.2) is 24.9 Å². The third kappa shape index (κ3) is 3.16. The molecule has 0 saturated heterocycles. The molecule has 122 valence electrons. The highest BCUT2D eigenvalue weighted by Gasteiger charge is 2.33. The summed E-state index contributed by atoms with van der Waals surface area (Å²) in [6, 6.07) is 14.5. The van der Waals surface area contributed by atoms with E-state index in [1.165, 1.54) is 5.01 Å². The number of anilines is 1. The van der Waals surface area contributed by atoms with Crippen LogP contribution in [-0.2, 0) is 4.79 Å². The van der Waals surface area contributed by atoms with Gasteiger partial charge in [0, 0.05) is 6.21 Å². The van der Waals surface area contributed by atoms with Gasteiger partial charge in [-0.15, -0.1) is 0 Å². The van der Waals surface area contributed by atoms with Gasteiger partial charge in [0.15, 0.2) is 0 Å². The third-order valence-corrected chi connectivity index (χ3v) is 3.99. The molecule has 6 heteroatoms. The lowest BCUT2D eigenvalue weighted by atomic mass is 10.1. The molecule has 1 atom stereocenters. The standard InChI is InChI=1S/C18H16ClN3O2/c1-12-15(11-20-13-8-9-17(24-2)16(19)10-13)18(23)22(21-12)14-6-4-3-5-7-14/h3-11,15H,1-2H3. The van der Waals surface area contributed by atoms with Gasteiger partial charge < -0.3 is 4.74 Å². The smallest absolute Gasteiger partial charge is 0.261 e. The molecule has 3 rings (SSSR count). The number of amides is 1. The average molecular weight is 342 g/mol. The lowest BCUT2D eigenvalue weighted by Gasteiger charge is -2.12. The van der Waals surface area contributed by atoms with Gasteiger partial charge >= 0.3 is 0 Å². The zero-order valence-corrected chi connectivity index (χ0v) is 14.1. The van der Waals surface area contributed by atoms with E-state index in [-0.39, 0.29) is 5.91 Å². The van der Waals surface area contributed by atoms with Crippen molar-refractivity contribution < 1.29 is 9.53 Å². The minimum atomic E-state index is -0.480. The molecule has 5 nitrogen and oxygen atoms in total. The number of para-hydroxylation sites is 1. The zero-order chi connectivity index (χ0) is 17.1. The molecule has 0 radical (unpaired) electrons. The van der Waals surface area contributed by atoms with Crippen LogP contribution in [0, 0.1) is 5.92 Å². The van der Waals surface area contributed by atoms with Crippen LogP contribution in [0.3, 0.4) is 0 Å². The average Bonchev–Trinajstić information content (AvgIpc) is 2.88. The zero-order valence-electron chi connectivity index (χ0n) is 13.3. The van der Waals surface area contributed by atoms with Crippen LogP contribution in [0.1, 0.15) is 6.92 Å². The number of halogens is 1. The van der Waals surface area contributed by atoms with Crippen molar-refractivity contribution >= 4 is 40.8 Å². The Morgan fingerprint density at radius 2 is 2.00 bits per heavy atom. The van der Waals surface area contributed by atoms with Crippen molar-refractivity contribution in [3.63, 3.8) is 0 Å². The predicted molar refractivity (Wildman–Crippen MR) is 96.7 cm³/mol. The Kier molecular flexibility index (Phi) is 4.62. The largest absolute Gasteiger partial charge is 0.495 e. The molecule has 24 heavy (non-hydrogen) atoms. The van der Waals surface area contributed by atoms with Crippen molar-refractivity contribution in [3.8, 4) is 5.75 Å². The fraction of sp³-hybridized carbons (Fsp3) is 0.167. The van der Waals surface area contributed by atoms with Gasteiger partial charge in [0.25, 0.3) is 5.91 Å². The highest BCUT2D eigenvalue weighted by atomic mass is 35.5. The number of benzene rings is 2. The minimum Gasteiger partial charge on any atom is -0.495 e. The van der Waals surface area contributed by atoms with Crippen LogP contribution >= 0.6 is 11.6 Å². The fourth-order valence-corrected chi connectivity index (χ4v) is 2.65. The Labute approximate surface area is 145 Å². The lowest BCUT2D eigenvalue weighted by molar-refractivity contribution is -0.118. The van der Waals surface area contributed by atoms with E-state index in [1.807, 2.05) is 37.3 Å². The Hall–Kier alpha value is -2.66. The molecule has 1 aliphatic heterocycles. The minimum absolute atomic E-state index is 0.123. The van der Waals surface area contributed by atoms with Gasteiger partial charge in [-0.25, -0.2) is 0 Å². The second kappa shape index (κ2) is 6.84. The van der Waals surface area contributed by atoms with E-state index in [9.17, 15) is 4.79 Å². The molecule has 0 bridgehead atoms. The topological polar surface area (TPSA) is 54.3 Å². The van der Waals surface area contributed by atoms with E-state index in [2.05, 4.69) is 10.1 Å². The summed E-state index contributed by atoms with van der Waals surface area (Å²) >= 11 is 6.09. The van der Waals surface area contributed by atoms with Gasteiger partial charge in [-0.05, 0) is 37.3 Å². The van der Waals surface area contributed by atoms with E-state index in [0.29, 0.717) is 22.2 Å². The first kappa shape index (κ1) is 16.2. The second-order valence-corrected chi connectivity index (χ2v) is 5.71. The van der Waals surface area contributed by atoms with Crippen molar-refractivity contribution in [2.75, 3.05) is 12.1 Å². The quantitative estimate of drug-likeness (QED) is 0.786. The summed E-state index contributed by atoms with van der Waals surface area (Å²) in [7, 11) is 1.55. The number of hydrogen-bond donors (Lipinski definition) is 0. The number of hydrogen-bond acceptors (Lipinski definition) is 4. The predicted octanol–water partition coefficient (Wildman–Crippen LogP) is 4.09. The van der Waals surface area contributed by atoms with Crippen molar-refractivity contribution in [2.24, 2.45) is 16.0 Å². The number of aliphatic imine (C=N–C) groups is 1. The van der Waals surface area contributed by atoms with Gasteiger partial charge in [0.2, 0.25) is 0 Å². The van der Waals surface area contributed by atoms with Crippen LogP contribution in [0.15, 0.2) is 58.6 Å². The van der Waals surface area contributed by atoms with Crippen LogP contribution in [0.4, 0.5) is 11.4 Å². The SMILES string of the molecule is COc1ccc(N=CC2C(=O)N(c3ccccc3)N=C2C)cc1Cl. The van der Waals surface area contributed by atoms with Gasteiger partial charge in [-0.2, -0.15) is 10.1 Å². The molecule has 1 heterocycles. The Morgan fingerprint density at radius 1 is 1.25 bits per heavy atom. The van der Waals surface area contributed by atoms with Crippen molar-refractivity contribution in [3.05, 3.63) is 53.6 Å². The molecule has 0 saturated carbocycles. The van der Waals surface area contributed by atoms with E-state index >= 15 is 0 Å². The molecular formula is C18H16ClN3O2. The van der Waals surface area contributed by atoms with Gasteiger partial charge in [-0.3, -0.25) is 9.79 Å². The molecule has 1 aliphatic rings. The Balaban J connectivity index is 1.80. The maximum absolute atomic E-state index is 12.6. The number of nitrogens with zero attached hydrogens (tertiary/aromatic N) is 3. The van der Waals surface area contributed by atoms with Gasteiger partial charge in [0.05, 0.1) is 29.2 Å². The van der Waals surface area contributed by atoms with Crippen LogP contribution in [0.25, 0.3) is 0 Å². The summed E-state index contributed by atoms with van der Waals surface area (Å²) < 4.78 is 5.11. The third-order valence-electron chi connectivity index (χ3n) is 3.69. The number of rotatable bonds is 4. The maximum Gasteiger partial charge on any atom is 0.261 e. The maximum atomic E-state index is 12.6. The monoisotopic (exact) mass is 341 g/mol. The Morgan fingerprint density at radius 3 is 2.67 bits per heavy atom. The molecular weight excluding hydrogens is 326 g/mol.